The van der Waals surface area contributed by atoms with Crippen LogP contribution in [0.1, 0.15) is 79.6 Å². The largest absolute Gasteiger partial charge is 0.487 e. The lowest BCUT2D eigenvalue weighted by Gasteiger charge is -2.17. The Morgan fingerprint density at radius 2 is 1.42 bits per heavy atom. The molecule has 0 aliphatic heterocycles. The van der Waals surface area contributed by atoms with Gasteiger partial charge in [0, 0.05) is 25.1 Å². The van der Waals surface area contributed by atoms with E-state index in [0.717, 1.165) is 48.7 Å². The number of benzene rings is 1. The number of unbranched alkanes of at least 4 members (excludes halogenated alkanes) is 7. The Morgan fingerprint density at radius 3 is 2.08 bits per heavy atom. The van der Waals surface area contributed by atoms with Crippen LogP contribution in [-0.2, 0) is 22.5 Å². The third-order valence-electron chi connectivity index (χ3n) is 6.60. The van der Waals surface area contributed by atoms with Gasteiger partial charge in [-0.25, -0.2) is 4.98 Å². The second kappa shape index (κ2) is 15.5. The minimum atomic E-state index is 0.404. The summed E-state index contributed by atoms with van der Waals surface area (Å²) in [7, 11) is 1.66. The minimum absolute atomic E-state index is 0.404. The summed E-state index contributed by atoms with van der Waals surface area (Å²) in [5.41, 5.74) is 5.80. The number of hydrogen-bond acceptors (Lipinski definition) is 4. The minimum Gasteiger partial charge on any atom is -0.487 e. The molecule has 0 atom stereocenters. The normalized spacial score (nSPS) is 11.2. The molecule has 3 rings (SSSR count). The Balaban J connectivity index is 1.55. The van der Waals surface area contributed by atoms with Gasteiger partial charge < -0.3 is 18.8 Å². The van der Waals surface area contributed by atoms with Gasteiger partial charge in [0.05, 0.1) is 5.69 Å². The third kappa shape index (κ3) is 8.79. The second-order valence-electron chi connectivity index (χ2n) is 9.69. The predicted molar refractivity (Wildman–Crippen MR) is 147 cm³/mol. The highest BCUT2D eigenvalue weighted by molar-refractivity contribution is 5.44. The fourth-order valence-electron chi connectivity index (χ4n) is 4.65. The molecule has 0 radical (unpaired) electrons. The average Bonchev–Trinajstić information content (AvgIpc) is 3.22. The van der Waals surface area contributed by atoms with Crippen LogP contribution in [0.5, 0.6) is 5.75 Å². The zero-order valence-electron chi connectivity index (χ0n) is 22.7. The molecule has 0 fully saturated rings. The van der Waals surface area contributed by atoms with Crippen molar-refractivity contribution in [1.82, 2.24) is 9.55 Å². The first-order chi connectivity index (χ1) is 17.6. The second-order valence-corrected chi connectivity index (χ2v) is 9.69. The van der Waals surface area contributed by atoms with E-state index in [2.05, 4.69) is 67.8 Å². The van der Waals surface area contributed by atoms with Crippen LogP contribution >= 0.6 is 0 Å². The first kappa shape index (κ1) is 27.9. The maximum Gasteiger partial charge on any atom is 0.146 e. The van der Waals surface area contributed by atoms with E-state index in [-0.39, 0.29) is 0 Å². The van der Waals surface area contributed by atoms with Crippen LogP contribution in [0.3, 0.4) is 0 Å². The van der Waals surface area contributed by atoms with E-state index in [1.54, 1.807) is 7.11 Å². The van der Waals surface area contributed by atoms with Gasteiger partial charge in [0.1, 0.15) is 25.0 Å². The molecule has 0 unspecified atom stereocenters. The Morgan fingerprint density at radius 1 is 0.778 bits per heavy atom. The number of rotatable bonds is 17. The predicted octanol–water partition coefficient (Wildman–Crippen LogP) is 7.66. The van der Waals surface area contributed by atoms with E-state index in [1.807, 2.05) is 6.07 Å². The van der Waals surface area contributed by atoms with E-state index in [4.69, 9.17) is 19.2 Å². The maximum absolute atomic E-state index is 6.35. The molecule has 0 N–H and O–H groups in total. The highest BCUT2D eigenvalue weighted by Gasteiger charge is 2.15. The molecule has 5 heteroatoms. The van der Waals surface area contributed by atoms with E-state index in [1.165, 1.54) is 55.5 Å². The highest BCUT2D eigenvalue weighted by atomic mass is 16.7. The summed E-state index contributed by atoms with van der Waals surface area (Å²) >= 11 is 0. The summed E-state index contributed by atoms with van der Waals surface area (Å²) in [5, 5.41) is 0. The summed E-state index contributed by atoms with van der Waals surface area (Å²) in [4.78, 5) is 5.12. The summed E-state index contributed by atoms with van der Waals surface area (Å²) in [6.45, 7) is 8.18. The fraction of sp³-hybridized carbons (Fsp3) is 0.516. The number of ether oxygens (including phenoxy) is 3. The van der Waals surface area contributed by atoms with Gasteiger partial charge in [0.2, 0.25) is 0 Å². The number of aromatic nitrogens is 2. The van der Waals surface area contributed by atoms with Crippen molar-refractivity contribution < 1.29 is 14.2 Å². The first-order valence-electron chi connectivity index (χ1n) is 13.5. The molecule has 0 amide bonds. The summed E-state index contributed by atoms with van der Waals surface area (Å²) in [6.07, 6.45) is 10.8. The number of hydrogen-bond donors (Lipinski definition) is 0. The van der Waals surface area contributed by atoms with Crippen molar-refractivity contribution >= 4 is 0 Å². The van der Waals surface area contributed by atoms with Crippen molar-refractivity contribution in [3.8, 4) is 11.6 Å². The van der Waals surface area contributed by atoms with Crippen molar-refractivity contribution in [1.29, 1.82) is 0 Å². The molecule has 1 aromatic carbocycles. The molecule has 0 saturated heterocycles. The zero-order chi connectivity index (χ0) is 25.6. The molecule has 0 spiro atoms. The molecule has 0 aliphatic carbocycles. The van der Waals surface area contributed by atoms with Crippen LogP contribution in [0.4, 0.5) is 0 Å². The third-order valence-corrected chi connectivity index (χ3v) is 6.60. The van der Waals surface area contributed by atoms with E-state index < -0.39 is 0 Å². The quantitative estimate of drug-likeness (QED) is 0.143. The average molecular weight is 493 g/mol. The van der Waals surface area contributed by atoms with Crippen LogP contribution in [0.25, 0.3) is 5.82 Å². The Kier molecular flexibility index (Phi) is 12.0. The van der Waals surface area contributed by atoms with Gasteiger partial charge >= 0.3 is 0 Å². The van der Waals surface area contributed by atoms with Crippen molar-refractivity contribution in [3.05, 3.63) is 76.7 Å². The van der Waals surface area contributed by atoms with Gasteiger partial charge in [0.25, 0.3) is 0 Å². The molecule has 2 heterocycles. The lowest BCUT2D eigenvalue weighted by Crippen LogP contribution is -2.08. The Labute approximate surface area is 217 Å². The molecule has 3 aromatic rings. The molecule has 36 heavy (non-hydrogen) atoms. The van der Waals surface area contributed by atoms with Crippen LogP contribution in [0, 0.1) is 20.8 Å². The molecular formula is C31H44N2O3. The summed E-state index contributed by atoms with van der Waals surface area (Å²) in [6, 6.07) is 16.8. The highest BCUT2D eigenvalue weighted by Crippen LogP contribution is 2.28. The zero-order valence-corrected chi connectivity index (χ0v) is 22.7. The Hall–Kier alpha value is -2.63. The van der Waals surface area contributed by atoms with Crippen LogP contribution in [0.2, 0.25) is 0 Å². The van der Waals surface area contributed by atoms with Crippen molar-refractivity contribution in [3.63, 3.8) is 0 Å². The van der Waals surface area contributed by atoms with E-state index in [0.29, 0.717) is 13.4 Å². The van der Waals surface area contributed by atoms with Crippen molar-refractivity contribution in [2.24, 2.45) is 0 Å². The maximum atomic E-state index is 6.35. The smallest absolute Gasteiger partial charge is 0.146 e. The van der Waals surface area contributed by atoms with Gasteiger partial charge in [0.15, 0.2) is 0 Å². The molecule has 0 bridgehead atoms. The number of pyridine rings is 1. The van der Waals surface area contributed by atoms with Crippen LogP contribution < -0.4 is 4.74 Å². The van der Waals surface area contributed by atoms with Gasteiger partial charge in [-0.15, -0.1) is 0 Å². The van der Waals surface area contributed by atoms with Crippen LogP contribution in [-0.4, -0.2) is 30.1 Å². The van der Waals surface area contributed by atoms with Gasteiger partial charge in [-0.1, -0.05) is 68.9 Å². The Bertz CT molecular complexity index is 1010. The van der Waals surface area contributed by atoms with Gasteiger partial charge in [-0.3, -0.25) is 0 Å². The fourth-order valence-corrected chi connectivity index (χ4v) is 4.65. The summed E-state index contributed by atoms with van der Waals surface area (Å²) < 4.78 is 18.8. The molecule has 0 aliphatic rings. The van der Waals surface area contributed by atoms with E-state index >= 15 is 0 Å². The number of nitrogens with zero attached hydrogens (tertiary/aromatic N) is 2. The van der Waals surface area contributed by atoms with Crippen molar-refractivity contribution in [2.45, 2.75) is 85.2 Å². The molecule has 5 nitrogen and oxygen atoms in total. The molecule has 196 valence electrons. The number of aryl methyl sites for hydroxylation is 4. The van der Waals surface area contributed by atoms with E-state index in [9.17, 15) is 0 Å². The van der Waals surface area contributed by atoms with Crippen LogP contribution in [0.15, 0.2) is 48.5 Å². The lowest BCUT2D eigenvalue weighted by molar-refractivity contribution is -0.0315. The SMILES string of the molecule is COCOCCCCCCCCCCc1nc(-n2c(C)ccc2C)cc(C)c1OCc1ccccc1. The topological polar surface area (TPSA) is 45.5 Å². The first-order valence-corrected chi connectivity index (χ1v) is 13.5. The van der Waals surface area contributed by atoms with Gasteiger partial charge in [-0.2, -0.15) is 0 Å². The lowest BCUT2D eigenvalue weighted by atomic mass is 10.0. The number of methoxy groups -OCH3 is 1. The standard InChI is InChI=1S/C31H44N2O3/c1-25-22-30(33-26(2)19-20-27(33)3)32-29(31(25)36-23-28-16-12-11-13-17-28)18-14-9-7-5-6-8-10-15-21-35-24-34-4/h11-13,16-17,19-20,22H,5-10,14-15,18,21,23-24H2,1-4H3. The van der Waals surface area contributed by atoms with Crippen molar-refractivity contribution in [2.75, 3.05) is 20.5 Å². The molecular weight excluding hydrogens is 448 g/mol. The molecule has 0 saturated carbocycles. The molecule has 2 aromatic heterocycles. The van der Waals surface area contributed by atoms with Gasteiger partial charge in [-0.05, 0) is 69.4 Å². The monoisotopic (exact) mass is 492 g/mol. The summed E-state index contributed by atoms with van der Waals surface area (Å²) in [5.74, 6) is 1.93.